The number of hydrogen-bond acceptors (Lipinski definition) is 2. The third kappa shape index (κ3) is 3.26. The zero-order valence-corrected chi connectivity index (χ0v) is 11.6. The standard InChI is InChI=1S/C15H16F3N3/c1-10-2-3-11(9-19-12-4-5-12)8-13(10)21-7-6-14(20-21)15(16,17)18/h2-3,6-8,12,19H,4-5,9H2,1H3. The minimum absolute atomic E-state index is 0.594. The van der Waals surface area contributed by atoms with E-state index in [-0.39, 0.29) is 0 Å². The highest BCUT2D eigenvalue weighted by molar-refractivity contribution is 5.43. The highest BCUT2D eigenvalue weighted by Crippen LogP contribution is 2.28. The van der Waals surface area contributed by atoms with E-state index in [1.807, 2.05) is 25.1 Å². The number of nitrogens with one attached hydrogen (secondary N) is 1. The van der Waals surface area contributed by atoms with Gasteiger partial charge in [-0.1, -0.05) is 12.1 Å². The quantitative estimate of drug-likeness (QED) is 0.936. The number of nitrogens with zero attached hydrogens (tertiary/aromatic N) is 2. The zero-order chi connectivity index (χ0) is 15.0. The van der Waals surface area contributed by atoms with E-state index >= 15 is 0 Å². The lowest BCUT2D eigenvalue weighted by Crippen LogP contribution is -2.15. The van der Waals surface area contributed by atoms with E-state index in [1.165, 1.54) is 23.7 Å². The summed E-state index contributed by atoms with van der Waals surface area (Å²) < 4.78 is 39.2. The lowest BCUT2D eigenvalue weighted by molar-refractivity contribution is -0.141. The molecule has 21 heavy (non-hydrogen) atoms. The van der Waals surface area contributed by atoms with Crippen LogP contribution in [0.5, 0.6) is 0 Å². The van der Waals surface area contributed by atoms with Crippen molar-refractivity contribution in [1.29, 1.82) is 0 Å². The topological polar surface area (TPSA) is 29.9 Å². The van der Waals surface area contributed by atoms with E-state index in [9.17, 15) is 13.2 Å². The van der Waals surface area contributed by atoms with E-state index in [0.29, 0.717) is 11.7 Å². The number of hydrogen-bond donors (Lipinski definition) is 1. The summed E-state index contributed by atoms with van der Waals surface area (Å²) in [6.45, 7) is 2.59. The molecule has 0 radical (unpaired) electrons. The van der Waals surface area contributed by atoms with Crippen molar-refractivity contribution in [3.05, 3.63) is 47.3 Å². The molecule has 0 saturated heterocycles. The summed E-state index contributed by atoms with van der Waals surface area (Å²) in [4.78, 5) is 0. The van der Waals surface area contributed by atoms with E-state index in [0.717, 1.165) is 23.7 Å². The van der Waals surface area contributed by atoms with E-state index in [2.05, 4.69) is 10.4 Å². The summed E-state index contributed by atoms with van der Waals surface area (Å²) in [6, 6.07) is 7.37. The third-order valence-corrected chi connectivity index (χ3v) is 3.57. The fraction of sp³-hybridized carbons (Fsp3) is 0.400. The summed E-state index contributed by atoms with van der Waals surface area (Å²) in [6.07, 6.45) is -0.660. The molecule has 1 N–H and O–H groups in total. The highest BCUT2D eigenvalue weighted by atomic mass is 19.4. The van der Waals surface area contributed by atoms with Gasteiger partial charge in [0, 0.05) is 18.8 Å². The summed E-state index contributed by atoms with van der Waals surface area (Å²) >= 11 is 0. The molecular formula is C15H16F3N3. The number of aryl methyl sites for hydroxylation is 1. The Bertz CT molecular complexity index is 642. The Morgan fingerprint density at radius 1 is 1.29 bits per heavy atom. The van der Waals surface area contributed by atoms with Gasteiger partial charge in [0.05, 0.1) is 5.69 Å². The van der Waals surface area contributed by atoms with Gasteiger partial charge in [-0.05, 0) is 43.0 Å². The molecule has 0 aliphatic heterocycles. The normalized spacial score (nSPS) is 15.4. The number of benzene rings is 1. The molecule has 0 bridgehead atoms. The van der Waals surface area contributed by atoms with Crippen LogP contribution in [-0.2, 0) is 12.7 Å². The van der Waals surface area contributed by atoms with Gasteiger partial charge >= 0.3 is 6.18 Å². The first kappa shape index (κ1) is 14.1. The predicted molar refractivity (Wildman–Crippen MR) is 73.2 cm³/mol. The number of halogens is 3. The molecule has 0 amide bonds. The summed E-state index contributed by atoms with van der Waals surface area (Å²) in [5, 5.41) is 7.02. The molecule has 1 aliphatic rings. The lowest BCUT2D eigenvalue weighted by atomic mass is 10.1. The Morgan fingerprint density at radius 3 is 2.67 bits per heavy atom. The molecule has 1 aromatic heterocycles. The maximum atomic E-state index is 12.6. The van der Waals surface area contributed by atoms with Crippen LogP contribution >= 0.6 is 0 Å². The first-order valence-electron chi connectivity index (χ1n) is 6.89. The van der Waals surface area contributed by atoms with Crippen LogP contribution in [0.15, 0.2) is 30.5 Å². The predicted octanol–water partition coefficient (Wildman–Crippen LogP) is 3.45. The lowest BCUT2D eigenvalue weighted by Gasteiger charge is -2.10. The monoisotopic (exact) mass is 295 g/mol. The SMILES string of the molecule is Cc1ccc(CNC2CC2)cc1-n1ccc(C(F)(F)F)n1. The smallest absolute Gasteiger partial charge is 0.310 e. The summed E-state index contributed by atoms with van der Waals surface area (Å²) in [5.41, 5.74) is 1.75. The van der Waals surface area contributed by atoms with Crippen molar-refractivity contribution in [2.45, 2.75) is 38.5 Å². The van der Waals surface area contributed by atoms with Crippen molar-refractivity contribution in [3.8, 4) is 5.69 Å². The minimum atomic E-state index is -4.41. The van der Waals surface area contributed by atoms with Crippen LogP contribution in [0, 0.1) is 6.92 Å². The molecule has 112 valence electrons. The second kappa shape index (κ2) is 5.18. The molecule has 0 unspecified atom stereocenters. The van der Waals surface area contributed by atoms with Gasteiger partial charge in [-0.3, -0.25) is 0 Å². The van der Waals surface area contributed by atoms with Gasteiger partial charge in [0.25, 0.3) is 0 Å². The van der Waals surface area contributed by atoms with E-state index in [1.54, 1.807) is 0 Å². The Balaban J connectivity index is 1.85. The van der Waals surface area contributed by atoms with Gasteiger partial charge in [0.15, 0.2) is 5.69 Å². The Morgan fingerprint density at radius 2 is 2.05 bits per heavy atom. The van der Waals surface area contributed by atoms with Crippen LogP contribution in [0.3, 0.4) is 0 Å². The van der Waals surface area contributed by atoms with E-state index < -0.39 is 11.9 Å². The van der Waals surface area contributed by atoms with Crippen molar-refractivity contribution in [1.82, 2.24) is 15.1 Å². The van der Waals surface area contributed by atoms with Gasteiger partial charge in [0.2, 0.25) is 0 Å². The molecule has 2 aromatic rings. The Hall–Kier alpha value is -1.82. The second-order valence-electron chi connectivity index (χ2n) is 5.42. The zero-order valence-electron chi connectivity index (χ0n) is 11.6. The molecule has 1 heterocycles. The first-order chi connectivity index (χ1) is 9.93. The summed E-state index contributed by atoms with van der Waals surface area (Å²) in [5.74, 6) is 0. The molecular weight excluding hydrogens is 279 g/mol. The van der Waals surface area contributed by atoms with E-state index in [4.69, 9.17) is 0 Å². The van der Waals surface area contributed by atoms with Crippen LogP contribution in [-0.4, -0.2) is 15.8 Å². The molecule has 3 nitrogen and oxygen atoms in total. The summed E-state index contributed by atoms with van der Waals surface area (Å²) in [7, 11) is 0. The number of aromatic nitrogens is 2. The molecule has 1 fully saturated rings. The van der Waals surface area contributed by atoms with Crippen molar-refractivity contribution in [2.75, 3.05) is 0 Å². The van der Waals surface area contributed by atoms with Crippen molar-refractivity contribution in [2.24, 2.45) is 0 Å². The van der Waals surface area contributed by atoms with Crippen molar-refractivity contribution in [3.63, 3.8) is 0 Å². The van der Waals surface area contributed by atoms with Crippen LogP contribution in [0.4, 0.5) is 13.2 Å². The Kier molecular flexibility index (Phi) is 3.49. The maximum absolute atomic E-state index is 12.6. The molecule has 6 heteroatoms. The van der Waals surface area contributed by atoms with Crippen LogP contribution in [0.1, 0.15) is 29.7 Å². The minimum Gasteiger partial charge on any atom is -0.310 e. The third-order valence-electron chi connectivity index (χ3n) is 3.57. The van der Waals surface area contributed by atoms with Crippen LogP contribution < -0.4 is 5.32 Å². The maximum Gasteiger partial charge on any atom is 0.435 e. The molecule has 0 spiro atoms. The van der Waals surface area contributed by atoms with Crippen LogP contribution in [0.25, 0.3) is 5.69 Å². The largest absolute Gasteiger partial charge is 0.435 e. The second-order valence-corrected chi connectivity index (χ2v) is 5.42. The number of rotatable bonds is 4. The van der Waals surface area contributed by atoms with Crippen molar-refractivity contribution >= 4 is 0 Å². The average molecular weight is 295 g/mol. The first-order valence-corrected chi connectivity index (χ1v) is 6.89. The van der Waals surface area contributed by atoms with Gasteiger partial charge in [-0.15, -0.1) is 0 Å². The van der Waals surface area contributed by atoms with Crippen molar-refractivity contribution < 1.29 is 13.2 Å². The molecule has 1 saturated carbocycles. The van der Waals surface area contributed by atoms with Gasteiger partial charge in [-0.25, -0.2) is 4.68 Å². The molecule has 1 aliphatic carbocycles. The fourth-order valence-electron chi connectivity index (χ4n) is 2.17. The molecule has 1 aromatic carbocycles. The van der Waals surface area contributed by atoms with Gasteiger partial charge in [-0.2, -0.15) is 18.3 Å². The highest BCUT2D eigenvalue weighted by Gasteiger charge is 2.33. The average Bonchev–Trinajstić information content (AvgIpc) is 3.11. The van der Waals surface area contributed by atoms with Gasteiger partial charge in [0.1, 0.15) is 0 Å². The fourth-order valence-corrected chi connectivity index (χ4v) is 2.17. The molecule has 3 rings (SSSR count). The Labute approximate surface area is 120 Å². The van der Waals surface area contributed by atoms with Gasteiger partial charge < -0.3 is 5.32 Å². The van der Waals surface area contributed by atoms with Crippen LogP contribution in [0.2, 0.25) is 0 Å². The molecule has 0 atom stereocenters. The number of alkyl halides is 3.